The number of aryl methyl sites for hydroxylation is 2. The number of aliphatic hydroxyl groups is 1. The lowest BCUT2D eigenvalue weighted by molar-refractivity contribution is 0.108. The zero-order chi connectivity index (χ0) is 24.9. The smallest absolute Gasteiger partial charge is 0.162 e. The molecule has 0 saturated heterocycles. The van der Waals surface area contributed by atoms with E-state index in [9.17, 15) is 5.11 Å². The van der Waals surface area contributed by atoms with Crippen LogP contribution in [0.25, 0.3) is 22.6 Å². The van der Waals surface area contributed by atoms with Crippen LogP contribution in [0.3, 0.4) is 0 Å². The fourth-order valence-corrected chi connectivity index (χ4v) is 4.88. The van der Waals surface area contributed by atoms with Gasteiger partial charge in [-0.3, -0.25) is 4.68 Å². The minimum atomic E-state index is -0.574. The van der Waals surface area contributed by atoms with Crippen LogP contribution >= 0.6 is 0 Å². The summed E-state index contributed by atoms with van der Waals surface area (Å²) in [4.78, 5) is 12.3. The van der Waals surface area contributed by atoms with E-state index in [4.69, 9.17) is 14.7 Å². The van der Waals surface area contributed by atoms with Crippen molar-refractivity contribution in [3.05, 3.63) is 41.7 Å². The van der Waals surface area contributed by atoms with Gasteiger partial charge in [0.1, 0.15) is 24.3 Å². The van der Waals surface area contributed by atoms with Crippen LogP contribution in [-0.4, -0.2) is 64.2 Å². The molecule has 1 aromatic carbocycles. The van der Waals surface area contributed by atoms with Crippen molar-refractivity contribution in [2.45, 2.75) is 58.1 Å². The van der Waals surface area contributed by atoms with E-state index in [0.717, 1.165) is 34.0 Å². The van der Waals surface area contributed by atoms with E-state index in [0.29, 0.717) is 24.2 Å². The summed E-state index contributed by atoms with van der Waals surface area (Å²) in [7, 11) is 5.92. The standard InChI is InChI=1S/C27H38N6O2/c1-18-26(19(2)33(5)31-18)24-15-25(32(4)21-11-7-6-8-12-21)30-27(29-24)20-10-9-13-23(14-20)35-17-22(34)16-28-3/h9-10,13-15,21-22,28,34H,6-8,11-12,16-17H2,1-5H3. The van der Waals surface area contributed by atoms with Gasteiger partial charge in [0.25, 0.3) is 0 Å². The molecular formula is C27H38N6O2. The molecule has 2 aromatic heterocycles. The second-order valence-electron chi connectivity index (χ2n) is 9.56. The molecule has 1 fully saturated rings. The minimum absolute atomic E-state index is 0.217. The average molecular weight is 479 g/mol. The lowest BCUT2D eigenvalue weighted by Crippen LogP contribution is -2.34. The molecule has 2 N–H and O–H groups in total. The molecule has 1 saturated carbocycles. The number of nitrogens with one attached hydrogen (secondary N) is 1. The first-order valence-electron chi connectivity index (χ1n) is 12.6. The van der Waals surface area contributed by atoms with Gasteiger partial charge in [-0.1, -0.05) is 31.4 Å². The van der Waals surface area contributed by atoms with Gasteiger partial charge in [-0.25, -0.2) is 9.97 Å². The number of ether oxygens (including phenoxy) is 1. The highest BCUT2D eigenvalue weighted by Crippen LogP contribution is 2.33. The number of aliphatic hydroxyl groups excluding tert-OH is 1. The zero-order valence-corrected chi connectivity index (χ0v) is 21.6. The Hall–Kier alpha value is -2.97. The number of likely N-dealkylation sites (N-methyl/N-ethyl adjacent to an activating group) is 1. The number of benzene rings is 1. The Bertz CT molecular complexity index is 1140. The summed E-state index contributed by atoms with van der Waals surface area (Å²) < 4.78 is 7.75. The van der Waals surface area contributed by atoms with E-state index in [1.807, 2.05) is 50.0 Å². The molecule has 0 aliphatic heterocycles. The van der Waals surface area contributed by atoms with Gasteiger partial charge in [-0.15, -0.1) is 0 Å². The topological polar surface area (TPSA) is 88.3 Å². The van der Waals surface area contributed by atoms with E-state index in [1.54, 1.807) is 0 Å². The fraction of sp³-hybridized carbons (Fsp3) is 0.519. The summed E-state index contributed by atoms with van der Waals surface area (Å²) in [6.45, 7) is 4.80. The van der Waals surface area contributed by atoms with Crippen molar-refractivity contribution in [3.8, 4) is 28.4 Å². The van der Waals surface area contributed by atoms with Crippen LogP contribution in [0.1, 0.15) is 43.5 Å². The molecule has 1 aliphatic rings. The number of rotatable bonds is 9. The molecule has 1 unspecified atom stereocenters. The van der Waals surface area contributed by atoms with Crippen molar-refractivity contribution in [1.82, 2.24) is 25.1 Å². The van der Waals surface area contributed by atoms with Crippen LogP contribution in [-0.2, 0) is 7.05 Å². The first-order valence-corrected chi connectivity index (χ1v) is 12.6. The van der Waals surface area contributed by atoms with E-state index in [-0.39, 0.29) is 6.61 Å². The molecule has 0 spiro atoms. The molecule has 1 atom stereocenters. The summed E-state index contributed by atoms with van der Waals surface area (Å²) in [5.74, 6) is 2.27. The lowest BCUT2D eigenvalue weighted by Gasteiger charge is -2.32. The third-order valence-corrected chi connectivity index (χ3v) is 6.94. The summed E-state index contributed by atoms with van der Waals surface area (Å²) >= 11 is 0. The first-order chi connectivity index (χ1) is 16.9. The van der Waals surface area contributed by atoms with Crippen LogP contribution in [0.4, 0.5) is 5.82 Å². The van der Waals surface area contributed by atoms with Gasteiger partial charge in [0, 0.05) is 49.6 Å². The Kier molecular flexibility index (Phi) is 8.03. The molecule has 3 aromatic rings. The quantitative estimate of drug-likeness (QED) is 0.482. The van der Waals surface area contributed by atoms with E-state index in [1.165, 1.54) is 32.1 Å². The maximum atomic E-state index is 10.0. The molecule has 8 heteroatoms. The van der Waals surface area contributed by atoms with Crippen molar-refractivity contribution in [2.75, 3.05) is 32.1 Å². The van der Waals surface area contributed by atoms with Crippen molar-refractivity contribution >= 4 is 5.82 Å². The van der Waals surface area contributed by atoms with Gasteiger partial charge in [-0.2, -0.15) is 5.10 Å². The monoisotopic (exact) mass is 478 g/mol. The van der Waals surface area contributed by atoms with Gasteiger partial charge < -0.3 is 20.1 Å². The van der Waals surface area contributed by atoms with Crippen LogP contribution in [0.2, 0.25) is 0 Å². The average Bonchev–Trinajstić information content (AvgIpc) is 3.13. The predicted molar refractivity (Wildman–Crippen MR) is 140 cm³/mol. The number of anilines is 1. The molecule has 1 aliphatic carbocycles. The van der Waals surface area contributed by atoms with Gasteiger partial charge >= 0.3 is 0 Å². The van der Waals surface area contributed by atoms with Crippen LogP contribution < -0.4 is 15.0 Å². The van der Waals surface area contributed by atoms with E-state index in [2.05, 4.69) is 35.4 Å². The number of nitrogens with zero attached hydrogens (tertiary/aromatic N) is 5. The van der Waals surface area contributed by atoms with Crippen molar-refractivity contribution in [2.24, 2.45) is 7.05 Å². The Labute approximate surface area is 208 Å². The Balaban J connectivity index is 1.73. The third kappa shape index (κ3) is 5.82. The number of aromatic nitrogens is 4. The maximum Gasteiger partial charge on any atom is 0.162 e. The van der Waals surface area contributed by atoms with Crippen LogP contribution in [0.5, 0.6) is 5.75 Å². The molecule has 2 heterocycles. The molecular weight excluding hydrogens is 440 g/mol. The van der Waals surface area contributed by atoms with Gasteiger partial charge in [0.2, 0.25) is 0 Å². The zero-order valence-electron chi connectivity index (χ0n) is 21.6. The largest absolute Gasteiger partial charge is 0.491 e. The lowest BCUT2D eigenvalue weighted by atomic mass is 9.94. The molecule has 0 amide bonds. The third-order valence-electron chi connectivity index (χ3n) is 6.94. The first kappa shape index (κ1) is 25.1. The van der Waals surface area contributed by atoms with Gasteiger partial charge in [0.15, 0.2) is 5.82 Å². The summed E-state index contributed by atoms with van der Waals surface area (Å²) in [6, 6.07) is 10.4. The number of hydrogen-bond donors (Lipinski definition) is 2. The minimum Gasteiger partial charge on any atom is -0.491 e. The molecule has 4 rings (SSSR count). The highest BCUT2D eigenvalue weighted by atomic mass is 16.5. The second kappa shape index (κ2) is 11.2. The summed E-state index contributed by atoms with van der Waals surface area (Å²) in [5, 5.41) is 17.6. The van der Waals surface area contributed by atoms with Gasteiger partial charge in [-0.05, 0) is 45.9 Å². The fourth-order valence-electron chi connectivity index (χ4n) is 4.88. The summed E-state index contributed by atoms with van der Waals surface area (Å²) in [6.07, 6.45) is 5.64. The Morgan fingerprint density at radius 1 is 1.17 bits per heavy atom. The van der Waals surface area contributed by atoms with Gasteiger partial charge in [0.05, 0.1) is 11.4 Å². The van der Waals surface area contributed by atoms with E-state index < -0.39 is 6.10 Å². The molecule has 0 radical (unpaired) electrons. The normalized spacial score (nSPS) is 15.3. The summed E-state index contributed by atoms with van der Waals surface area (Å²) in [5.41, 5.74) is 4.85. The van der Waals surface area contributed by atoms with Crippen LogP contribution in [0.15, 0.2) is 30.3 Å². The Morgan fingerprint density at radius 2 is 1.94 bits per heavy atom. The molecule has 188 valence electrons. The predicted octanol–water partition coefficient (Wildman–Crippen LogP) is 3.89. The SMILES string of the molecule is CNCC(O)COc1cccc(-c2nc(-c3c(C)nn(C)c3C)cc(N(C)C3CCCCC3)n2)c1. The Morgan fingerprint density at radius 3 is 2.63 bits per heavy atom. The van der Waals surface area contributed by atoms with Crippen molar-refractivity contribution < 1.29 is 9.84 Å². The van der Waals surface area contributed by atoms with Crippen molar-refractivity contribution in [1.29, 1.82) is 0 Å². The van der Waals surface area contributed by atoms with Crippen LogP contribution in [0, 0.1) is 13.8 Å². The number of hydrogen-bond acceptors (Lipinski definition) is 7. The van der Waals surface area contributed by atoms with E-state index >= 15 is 0 Å². The maximum absolute atomic E-state index is 10.0. The van der Waals surface area contributed by atoms with Crippen molar-refractivity contribution in [3.63, 3.8) is 0 Å². The highest BCUT2D eigenvalue weighted by molar-refractivity contribution is 5.71. The second-order valence-corrected chi connectivity index (χ2v) is 9.56. The highest BCUT2D eigenvalue weighted by Gasteiger charge is 2.22. The molecule has 8 nitrogen and oxygen atoms in total. The molecule has 35 heavy (non-hydrogen) atoms. The molecule has 0 bridgehead atoms.